The van der Waals surface area contributed by atoms with Gasteiger partial charge in [0.25, 0.3) is 5.91 Å². The lowest BCUT2D eigenvalue weighted by Gasteiger charge is -2.32. The fourth-order valence-corrected chi connectivity index (χ4v) is 4.10. The first-order valence-electron chi connectivity index (χ1n) is 11.6. The van der Waals surface area contributed by atoms with E-state index in [2.05, 4.69) is 62.1 Å². The number of amides is 1. The number of nitrogens with one attached hydrogen (secondary N) is 1. The van der Waals surface area contributed by atoms with Crippen LogP contribution in [0, 0.1) is 18.8 Å². The fourth-order valence-electron chi connectivity index (χ4n) is 4.10. The predicted molar refractivity (Wildman–Crippen MR) is 135 cm³/mol. The highest BCUT2D eigenvalue weighted by Gasteiger charge is 2.15. The number of aromatic nitrogens is 4. The van der Waals surface area contributed by atoms with E-state index in [0.29, 0.717) is 11.1 Å². The standard InChI is InChI=1S/C27H27N7O/c1-20-13-25(6-5-23(20)19-33-11-9-32(2)10-12-33)31-27(35)24-14-21(15-29-16-24)3-4-22-17-30-34-8-7-28-18-26(22)34/h5-8,13-18H,9-12,19H2,1-2H3,(H,31,35). The monoisotopic (exact) mass is 465 g/mol. The average molecular weight is 466 g/mol. The zero-order chi connectivity index (χ0) is 24.2. The number of aryl methyl sites for hydroxylation is 1. The van der Waals surface area contributed by atoms with E-state index in [0.717, 1.165) is 49.5 Å². The molecule has 0 spiro atoms. The molecule has 0 bridgehead atoms. The van der Waals surface area contributed by atoms with Gasteiger partial charge < -0.3 is 10.2 Å². The SMILES string of the molecule is Cc1cc(NC(=O)c2cncc(C#Cc3cnn4ccncc34)c2)ccc1CN1CCN(C)CC1. The molecule has 0 aliphatic carbocycles. The van der Waals surface area contributed by atoms with E-state index in [9.17, 15) is 4.79 Å². The molecule has 0 saturated carbocycles. The van der Waals surface area contributed by atoms with Crippen LogP contribution in [0.5, 0.6) is 0 Å². The zero-order valence-corrected chi connectivity index (χ0v) is 19.9. The molecule has 8 nitrogen and oxygen atoms in total. The van der Waals surface area contributed by atoms with Crippen molar-refractivity contribution in [3.63, 3.8) is 0 Å². The van der Waals surface area contributed by atoms with E-state index >= 15 is 0 Å². The van der Waals surface area contributed by atoms with Crippen molar-refractivity contribution >= 4 is 17.1 Å². The number of carbonyl (C=O) groups excluding carboxylic acids is 1. The molecular weight excluding hydrogens is 438 g/mol. The first-order chi connectivity index (χ1) is 17.0. The van der Waals surface area contributed by atoms with Crippen molar-refractivity contribution in [1.82, 2.24) is 29.4 Å². The van der Waals surface area contributed by atoms with E-state index in [4.69, 9.17) is 0 Å². The summed E-state index contributed by atoms with van der Waals surface area (Å²) >= 11 is 0. The minimum absolute atomic E-state index is 0.215. The van der Waals surface area contributed by atoms with Crippen LogP contribution >= 0.6 is 0 Å². The lowest BCUT2D eigenvalue weighted by molar-refractivity contribution is 0.102. The molecule has 0 radical (unpaired) electrons. The third kappa shape index (κ3) is 5.38. The van der Waals surface area contributed by atoms with Gasteiger partial charge in [0, 0.05) is 68.8 Å². The van der Waals surface area contributed by atoms with E-state index in [-0.39, 0.29) is 5.91 Å². The number of piperazine rings is 1. The van der Waals surface area contributed by atoms with E-state index in [1.54, 1.807) is 47.8 Å². The van der Waals surface area contributed by atoms with Crippen LogP contribution in [0.15, 0.2) is 61.4 Å². The number of pyridine rings is 1. The van der Waals surface area contributed by atoms with E-state index in [1.807, 2.05) is 12.1 Å². The fraction of sp³-hybridized carbons (Fsp3) is 0.259. The Hall–Kier alpha value is -4.06. The van der Waals surface area contributed by atoms with Crippen LogP contribution in [0.4, 0.5) is 5.69 Å². The Morgan fingerprint density at radius 2 is 1.89 bits per heavy atom. The number of hydrogen-bond acceptors (Lipinski definition) is 6. The third-order valence-corrected chi connectivity index (χ3v) is 6.26. The summed E-state index contributed by atoms with van der Waals surface area (Å²) < 4.78 is 1.72. The number of rotatable bonds is 4. The Morgan fingerprint density at radius 1 is 1.03 bits per heavy atom. The highest BCUT2D eigenvalue weighted by Crippen LogP contribution is 2.19. The van der Waals surface area contributed by atoms with Gasteiger partial charge >= 0.3 is 0 Å². The van der Waals surface area contributed by atoms with Crippen molar-refractivity contribution in [2.45, 2.75) is 13.5 Å². The van der Waals surface area contributed by atoms with Crippen molar-refractivity contribution in [2.75, 3.05) is 38.5 Å². The van der Waals surface area contributed by atoms with Gasteiger partial charge in [0.15, 0.2) is 0 Å². The summed E-state index contributed by atoms with van der Waals surface area (Å²) in [6.07, 6.45) is 10.1. The molecular formula is C27H27N7O. The van der Waals surface area contributed by atoms with Gasteiger partial charge in [0.2, 0.25) is 0 Å². The van der Waals surface area contributed by atoms with Gasteiger partial charge in [0.1, 0.15) is 5.52 Å². The van der Waals surface area contributed by atoms with Gasteiger partial charge in [-0.25, -0.2) is 4.52 Å². The van der Waals surface area contributed by atoms with E-state index in [1.165, 1.54) is 11.1 Å². The average Bonchev–Trinajstić information content (AvgIpc) is 3.29. The highest BCUT2D eigenvalue weighted by molar-refractivity contribution is 6.04. The first kappa shape index (κ1) is 22.7. The number of hydrogen-bond donors (Lipinski definition) is 1. The molecule has 4 aromatic rings. The van der Waals surface area contributed by atoms with Gasteiger partial charge in [0.05, 0.1) is 23.5 Å². The number of nitrogens with zero attached hydrogens (tertiary/aromatic N) is 6. The topological polar surface area (TPSA) is 78.7 Å². The Labute approximate surface area is 204 Å². The number of anilines is 1. The zero-order valence-electron chi connectivity index (χ0n) is 19.9. The quantitative estimate of drug-likeness (QED) is 0.467. The molecule has 0 atom stereocenters. The van der Waals surface area contributed by atoms with Gasteiger partial charge in [-0.3, -0.25) is 19.7 Å². The largest absolute Gasteiger partial charge is 0.322 e. The molecule has 1 aliphatic rings. The second kappa shape index (κ2) is 10.1. The smallest absolute Gasteiger partial charge is 0.257 e. The molecule has 4 heterocycles. The first-order valence-corrected chi connectivity index (χ1v) is 11.6. The summed E-state index contributed by atoms with van der Waals surface area (Å²) in [6.45, 7) is 7.38. The number of fused-ring (bicyclic) bond motifs is 1. The van der Waals surface area contributed by atoms with Gasteiger partial charge in [-0.15, -0.1) is 0 Å². The highest BCUT2D eigenvalue weighted by atomic mass is 16.1. The van der Waals surface area contributed by atoms with Crippen molar-refractivity contribution in [3.05, 3.63) is 89.3 Å². The molecule has 0 unspecified atom stereocenters. The summed E-state index contributed by atoms with van der Waals surface area (Å²) in [6, 6.07) is 7.84. The van der Waals surface area contributed by atoms with Crippen LogP contribution in [0.25, 0.3) is 5.52 Å². The third-order valence-electron chi connectivity index (χ3n) is 6.26. The van der Waals surface area contributed by atoms with Crippen molar-refractivity contribution in [1.29, 1.82) is 0 Å². The second-order valence-corrected chi connectivity index (χ2v) is 8.85. The maximum absolute atomic E-state index is 12.9. The summed E-state index contributed by atoms with van der Waals surface area (Å²) in [5.41, 5.74) is 5.92. The Kier molecular flexibility index (Phi) is 6.53. The maximum Gasteiger partial charge on any atom is 0.257 e. The van der Waals surface area contributed by atoms with E-state index < -0.39 is 0 Å². The van der Waals surface area contributed by atoms with Crippen LogP contribution in [0.1, 0.15) is 32.6 Å². The molecule has 3 aromatic heterocycles. The van der Waals surface area contributed by atoms with Crippen molar-refractivity contribution in [2.24, 2.45) is 0 Å². The molecule has 1 saturated heterocycles. The van der Waals surface area contributed by atoms with Gasteiger partial charge in [-0.05, 0) is 43.3 Å². The lowest BCUT2D eigenvalue weighted by Crippen LogP contribution is -2.43. The summed E-state index contributed by atoms with van der Waals surface area (Å²) in [5.74, 6) is 5.96. The number of carbonyl (C=O) groups is 1. The minimum Gasteiger partial charge on any atom is -0.322 e. The molecule has 1 N–H and O–H groups in total. The van der Waals surface area contributed by atoms with Crippen LogP contribution in [0.3, 0.4) is 0 Å². The van der Waals surface area contributed by atoms with Crippen LogP contribution in [0.2, 0.25) is 0 Å². The molecule has 1 amide bonds. The molecule has 1 fully saturated rings. The normalized spacial score (nSPS) is 14.5. The Bertz CT molecular complexity index is 1420. The van der Waals surface area contributed by atoms with Crippen LogP contribution in [-0.2, 0) is 6.54 Å². The molecule has 8 heteroatoms. The van der Waals surface area contributed by atoms with Crippen LogP contribution < -0.4 is 5.32 Å². The second-order valence-electron chi connectivity index (χ2n) is 8.85. The Morgan fingerprint density at radius 3 is 2.71 bits per heavy atom. The molecule has 1 aromatic carbocycles. The molecule has 35 heavy (non-hydrogen) atoms. The minimum atomic E-state index is -0.215. The van der Waals surface area contributed by atoms with Crippen molar-refractivity contribution < 1.29 is 4.79 Å². The number of likely N-dealkylation sites (N-methyl/N-ethyl adjacent to an activating group) is 1. The van der Waals surface area contributed by atoms with Gasteiger partial charge in [-0.1, -0.05) is 17.9 Å². The van der Waals surface area contributed by atoms with Gasteiger partial charge in [-0.2, -0.15) is 5.10 Å². The maximum atomic E-state index is 12.9. The van der Waals surface area contributed by atoms with Crippen molar-refractivity contribution in [3.8, 4) is 11.8 Å². The molecule has 1 aliphatic heterocycles. The Balaban J connectivity index is 1.26. The summed E-state index contributed by atoms with van der Waals surface area (Å²) in [7, 11) is 2.16. The lowest BCUT2D eigenvalue weighted by atomic mass is 10.1. The molecule has 5 rings (SSSR count). The van der Waals surface area contributed by atoms with Crippen LogP contribution in [-0.4, -0.2) is 68.5 Å². The summed E-state index contributed by atoms with van der Waals surface area (Å²) in [5, 5.41) is 7.25. The predicted octanol–water partition coefficient (Wildman–Crippen LogP) is 2.83. The molecule has 176 valence electrons. The number of benzene rings is 1. The summed E-state index contributed by atoms with van der Waals surface area (Å²) in [4.78, 5) is 26.0.